The maximum Gasteiger partial charge on any atom is 0.336 e. The van der Waals surface area contributed by atoms with Crippen molar-refractivity contribution in [2.75, 3.05) is 6.61 Å². The summed E-state index contributed by atoms with van der Waals surface area (Å²) in [7, 11) is 0. The molecule has 2 N–H and O–H groups in total. The number of amides is 1. The fourth-order valence-corrected chi connectivity index (χ4v) is 1.74. The number of hydrogen-bond donors (Lipinski definition) is 1. The van der Waals surface area contributed by atoms with Gasteiger partial charge < -0.3 is 14.9 Å². The zero-order chi connectivity index (χ0) is 14.9. The van der Waals surface area contributed by atoms with Gasteiger partial charge in [-0.05, 0) is 12.5 Å². The van der Waals surface area contributed by atoms with Gasteiger partial charge in [0.2, 0.25) is 5.75 Å². The van der Waals surface area contributed by atoms with E-state index >= 15 is 0 Å². The fraction of sp³-hybridized carbons (Fsp3) is 0.167. The molecule has 0 unspecified atom stereocenters. The molecule has 0 saturated heterocycles. The van der Waals surface area contributed by atoms with Crippen LogP contribution < -0.4 is 16.1 Å². The highest BCUT2D eigenvalue weighted by Gasteiger charge is 2.19. The lowest BCUT2D eigenvalue weighted by Gasteiger charge is -2.07. The first-order valence-electron chi connectivity index (χ1n) is 5.52. The molecule has 0 bridgehead atoms. The van der Waals surface area contributed by atoms with Gasteiger partial charge in [0.25, 0.3) is 5.91 Å². The van der Waals surface area contributed by atoms with Gasteiger partial charge in [0, 0.05) is 23.6 Å². The van der Waals surface area contributed by atoms with Gasteiger partial charge in [-0.15, -0.1) is 0 Å². The molecular weight excluding hydrogens is 268 g/mol. The Morgan fingerprint density at radius 3 is 2.75 bits per heavy atom. The monoisotopic (exact) mass is 278 g/mol. The van der Waals surface area contributed by atoms with E-state index in [1.54, 1.807) is 6.92 Å². The molecule has 0 fully saturated rings. The zero-order valence-electron chi connectivity index (χ0n) is 10.4. The molecule has 0 atom stereocenters. The molecule has 1 aromatic carbocycles. The molecule has 0 aliphatic rings. The molecule has 8 nitrogen and oxygen atoms in total. The van der Waals surface area contributed by atoms with Crippen LogP contribution in [0.3, 0.4) is 0 Å². The largest absolute Gasteiger partial charge is 0.477 e. The van der Waals surface area contributed by atoms with E-state index in [2.05, 4.69) is 0 Å². The summed E-state index contributed by atoms with van der Waals surface area (Å²) in [6, 6.07) is 3.66. The Labute approximate surface area is 111 Å². The molecule has 0 aliphatic carbocycles. The number of fused-ring (bicyclic) bond motifs is 1. The standard InChI is InChI=1S/C12H10N2O6/c1-6-2-12(16)20-9-4-10(19-5-11(13)15)8(14(17)18)3-7(6)9/h2-4H,5H2,1H3,(H2,13,15). The maximum atomic E-state index is 11.3. The van der Waals surface area contributed by atoms with Crippen molar-refractivity contribution in [3.63, 3.8) is 0 Å². The summed E-state index contributed by atoms with van der Waals surface area (Å²) in [6.45, 7) is 1.12. The van der Waals surface area contributed by atoms with Crippen molar-refractivity contribution in [1.29, 1.82) is 0 Å². The van der Waals surface area contributed by atoms with Gasteiger partial charge in [0.05, 0.1) is 4.92 Å². The van der Waals surface area contributed by atoms with E-state index in [1.165, 1.54) is 18.2 Å². The van der Waals surface area contributed by atoms with E-state index in [-0.39, 0.29) is 17.0 Å². The number of nitrogens with zero attached hydrogens (tertiary/aromatic N) is 1. The molecular formula is C12H10N2O6. The number of carbonyl (C=O) groups excluding carboxylic acids is 1. The van der Waals surface area contributed by atoms with Crippen LogP contribution in [0.4, 0.5) is 5.69 Å². The Hall–Kier alpha value is -2.90. The van der Waals surface area contributed by atoms with E-state index in [0.29, 0.717) is 10.9 Å². The van der Waals surface area contributed by atoms with Gasteiger partial charge in [-0.2, -0.15) is 0 Å². The van der Waals surface area contributed by atoms with Crippen molar-refractivity contribution in [3.05, 3.63) is 44.3 Å². The summed E-state index contributed by atoms with van der Waals surface area (Å²) in [6.07, 6.45) is 0. The van der Waals surface area contributed by atoms with E-state index in [4.69, 9.17) is 14.9 Å². The smallest absolute Gasteiger partial charge is 0.336 e. The highest BCUT2D eigenvalue weighted by molar-refractivity contribution is 5.85. The predicted molar refractivity (Wildman–Crippen MR) is 68.6 cm³/mol. The van der Waals surface area contributed by atoms with Gasteiger partial charge in [0.15, 0.2) is 6.61 Å². The molecule has 2 rings (SSSR count). The first-order chi connectivity index (χ1) is 9.38. The van der Waals surface area contributed by atoms with E-state index in [9.17, 15) is 19.7 Å². The highest BCUT2D eigenvalue weighted by Crippen LogP contribution is 2.32. The van der Waals surface area contributed by atoms with Crippen LogP contribution in [0.25, 0.3) is 11.0 Å². The molecule has 1 amide bonds. The topological polar surface area (TPSA) is 126 Å². The number of nitro benzene ring substituents is 1. The van der Waals surface area contributed by atoms with Crippen LogP contribution in [0.2, 0.25) is 0 Å². The average molecular weight is 278 g/mol. The summed E-state index contributed by atoms with van der Waals surface area (Å²) in [5.74, 6) is -0.958. The second-order valence-corrected chi connectivity index (χ2v) is 4.08. The molecule has 2 aromatic rings. The molecule has 0 saturated carbocycles. The van der Waals surface area contributed by atoms with E-state index < -0.39 is 23.1 Å². The van der Waals surface area contributed by atoms with Crippen LogP contribution in [0.15, 0.2) is 27.4 Å². The quantitative estimate of drug-likeness (QED) is 0.502. The molecule has 0 radical (unpaired) electrons. The Bertz CT molecular complexity index is 764. The third kappa shape index (κ3) is 2.58. The van der Waals surface area contributed by atoms with Gasteiger partial charge in [-0.3, -0.25) is 14.9 Å². The molecule has 1 heterocycles. The number of hydrogen-bond acceptors (Lipinski definition) is 6. The van der Waals surface area contributed by atoms with Crippen LogP contribution in [0.5, 0.6) is 5.75 Å². The summed E-state index contributed by atoms with van der Waals surface area (Å²) < 4.78 is 9.92. The van der Waals surface area contributed by atoms with Gasteiger partial charge in [-0.25, -0.2) is 4.79 Å². The van der Waals surface area contributed by atoms with Crippen molar-refractivity contribution in [2.45, 2.75) is 6.92 Å². The number of carbonyl (C=O) groups is 1. The van der Waals surface area contributed by atoms with Crippen molar-refractivity contribution < 1.29 is 18.9 Å². The van der Waals surface area contributed by atoms with Crippen molar-refractivity contribution in [3.8, 4) is 5.75 Å². The first-order valence-corrected chi connectivity index (χ1v) is 5.52. The van der Waals surface area contributed by atoms with Crippen LogP contribution in [-0.2, 0) is 4.79 Å². The Balaban J connectivity index is 2.65. The summed E-state index contributed by atoms with van der Waals surface area (Å²) >= 11 is 0. The number of benzene rings is 1. The normalized spacial score (nSPS) is 10.4. The lowest BCUT2D eigenvalue weighted by atomic mass is 10.1. The number of rotatable bonds is 4. The van der Waals surface area contributed by atoms with Crippen LogP contribution in [0, 0.1) is 17.0 Å². The number of ether oxygens (including phenoxy) is 1. The van der Waals surface area contributed by atoms with E-state index in [0.717, 1.165) is 0 Å². The summed E-state index contributed by atoms with van der Waals surface area (Å²) in [5, 5.41) is 11.4. The highest BCUT2D eigenvalue weighted by atomic mass is 16.6. The predicted octanol–water partition coefficient (Wildman–Crippen LogP) is 0.874. The van der Waals surface area contributed by atoms with Crippen LogP contribution in [0.1, 0.15) is 5.56 Å². The summed E-state index contributed by atoms with van der Waals surface area (Å²) in [5.41, 5.74) is 4.69. The van der Waals surface area contributed by atoms with Gasteiger partial charge >= 0.3 is 11.3 Å². The minimum atomic E-state index is -0.773. The molecule has 104 valence electrons. The Morgan fingerprint density at radius 1 is 1.45 bits per heavy atom. The molecule has 8 heteroatoms. The summed E-state index contributed by atoms with van der Waals surface area (Å²) in [4.78, 5) is 32.3. The van der Waals surface area contributed by atoms with Crippen LogP contribution >= 0.6 is 0 Å². The second kappa shape index (κ2) is 5.00. The first kappa shape index (κ1) is 13.5. The molecule has 20 heavy (non-hydrogen) atoms. The number of nitro groups is 1. The van der Waals surface area contributed by atoms with Crippen molar-refractivity contribution in [1.82, 2.24) is 0 Å². The van der Waals surface area contributed by atoms with Gasteiger partial charge in [-0.1, -0.05) is 0 Å². The maximum absolute atomic E-state index is 11.3. The number of primary amides is 1. The third-order valence-electron chi connectivity index (χ3n) is 2.60. The number of nitrogens with two attached hydrogens (primary N) is 1. The number of aryl methyl sites for hydroxylation is 1. The second-order valence-electron chi connectivity index (χ2n) is 4.08. The fourth-order valence-electron chi connectivity index (χ4n) is 1.74. The Kier molecular flexibility index (Phi) is 3.38. The molecule has 1 aromatic heterocycles. The SMILES string of the molecule is Cc1cc(=O)oc2cc(OCC(N)=O)c([N+](=O)[O-])cc12. The van der Waals surface area contributed by atoms with Crippen molar-refractivity contribution in [2.24, 2.45) is 5.73 Å². The van der Waals surface area contributed by atoms with Gasteiger partial charge in [0.1, 0.15) is 5.58 Å². The minimum absolute atomic E-state index is 0.139. The van der Waals surface area contributed by atoms with E-state index in [1.807, 2.05) is 0 Å². The molecule has 0 aliphatic heterocycles. The zero-order valence-corrected chi connectivity index (χ0v) is 10.4. The third-order valence-corrected chi connectivity index (χ3v) is 2.60. The average Bonchev–Trinajstić information content (AvgIpc) is 2.34. The Morgan fingerprint density at radius 2 is 2.15 bits per heavy atom. The lowest BCUT2D eigenvalue weighted by molar-refractivity contribution is -0.385. The van der Waals surface area contributed by atoms with Crippen LogP contribution in [-0.4, -0.2) is 17.4 Å². The lowest BCUT2D eigenvalue weighted by Crippen LogP contribution is -2.20. The minimum Gasteiger partial charge on any atom is -0.477 e. The van der Waals surface area contributed by atoms with Crippen molar-refractivity contribution >= 4 is 22.6 Å². The molecule has 0 spiro atoms.